The van der Waals surface area contributed by atoms with E-state index in [-0.39, 0.29) is 11.6 Å². The molecule has 0 aliphatic heterocycles. The lowest BCUT2D eigenvalue weighted by Crippen LogP contribution is -2.47. The van der Waals surface area contributed by atoms with E-state index in [9.17, 15) is 10.0 Å². The van der Waals surface area contributed by atoms with Crippen LogP contribution < -0.4 is 21.2 Å². The fourth-order valence-corrected chi connectivity index (χ4v) is 5.34. The Morgan fingerprint density at radius 1 is 1.28 bits per heavy atom. The van der Waals surface area contributed by atoms with Crippen LogP contribution in [-0.4, -0.2) is 28.3 Å². The molecule has 0 saturated heterocycles. The summed E-state index contributed by atoms with van der Waals surface area (Å²) in [6, 6.07) is 5.19. The number of hydrazine groups is 1. The molecule has 7 nitrogen and oxygen atoms in total. The third-order valence-electron chi connectivity index (χ3n) is 5.83. The third kappa shape index (κ3) is 8.05. The number of allylic oxidation sites excluding steroid dienone is 3. The summed E-state index contributed by atoms with van der Waals surface area (Å²) in [5.74, 6) is 0.520. The van der Waals surface area contributed by atoms with Crippen LogP contribution in [0.25, 0.3) is 10.4 Å². The van der Waals surface area contributed by atoms with Crippen LogP contribution in [0.3, 0.4) is 0 Å². The number of benzene rings is 1. The Morgan fingerprint density at radius 2 is 2.03 bits per heavy atom. The highest BCUT2D eigenvalue weighted by molar-refractivity contribution is 7.15. The van der Waals surface area contributed by atoms with Crippen molar-refractivity contribution in [2.24, 2.45) is 0 Å². The van der Waals surface area contributed by atoms with Crippen LogP contribution in [0.15, 0.2) is 60.9 Å². The standard InChI is InChI=1S/C28H39N5O2S/c1-6-11-20(12-7-2)18-30-27(34)31-22-15-16-23(24(17-22)33(35)32-28(3,4)5)25-19-29-26(36-25)21-13-9-8-10-14-21/h6-7,11-12,15-17,19,21,32,35H,1,8-10,13-14,18H2,2-5H3,(H2,30,31,34)/b12-7-,20-11+. The number of rotatable bonds is 9. The predicted octanol–water partition coefficient (Wildman–Crippen LogP) is 7.17. The van der Waals surface area contributed by atoms with Crippen molar-refractivity contribution in [3.8, 4) is 10.4 Å². The lowest BCUT2D eigenvalue weighted by atomic mass is 9.90. The van der Waals surface area contributed by atoms with Crippen molar-refractivity contribution >= 4 is 28.7 Å². The summed E-state index contributed by atoms with van der Waals surface area (Å²) < 4.78 is 0. The number of amides is 2. The molecule has 1 aliphatic rings. The number of carbonyl (C=O) groups is 1. The first-order chi connectivity index (χ1) is 17.2. The highest BCUT2D eigenvalue weighted by Crippen LogP contribution is 2.40. The van der Waals surface area contributed by atoms with Crippen LogP contribution in [-0.2, 0) is 0 Å². The Hall–Kier alpha value is -2.94. The van der Waals surface area contributed by atoms with E-state index in [1.54, 1.807) is 23.5 Å². The van der Waals surface area contributed by atoms with Crippen LogP contribution in [0.5, 0.6) is 0 Å². The normalized spacial score (nSPS) is 15.2. The van der Waals surface area contributed by atoms with Gasteiger partial charge in [0.15, 0.2) is 0 Å². The van der Waals surface area contributed by atoms with Gasteiger partial charge >= 0.3 is 6.03 Å². The Balaban J connectivity index is 1.83. The van der Waals surface area contributed by atoms with Gasteiger partial charge in [-0.3, -0.25) is 5.21 Å². The number of carbonyl (C=O) groups excluding carboxylic acids is 1. The van der Waals surface area contributed by atoms with Crippen LogP contribution >= 0.6 is 11.3 Å². The van der Waals surface area contributed by atoms with E-state index >= 15 is 0 Å². The minimum atomic E-state index is -0.367. The summed E-state index contributed by atoms with van der Waals surface area (Å²) in [6.07, 6.45) is 15.5. The maximum atomic E-state index is 12.6. The molecule has 0 spiro atoms. The SMILES string of the molecule is C=C/C=C(\C=C/C)CNC(=O)Nc1ccc(-c2cnc(C3CCCCC3)s2)c(N(O)NC(C)(C)C)c1. The summed E-state index contributed by atoms with van der Waals surface area (Å²) in [7, 11) is 0. The smallest absolute Gasteiger partial charge is 0.319 e. The second-order valence-corrected chi connectivity index (χ2v) is 11.2. The molecular formula is C28H39N5O2S. The van der Waals surface area contributed by atoms with Gasteiger partial charge in [-0.05, 0) is 64.3 Å². The molecule has 4 N–H and O–H groups in total. The number of anilines is 2. The number of thiazole rings is 1. The Morgan fingerprint density at radius 3 is 2.69 bits per heavy atom. The lowest BCUT2D eigenvalue weighted by Gasteiger charge is -2.29. The van der Waals surface area contributed by atoms with Crippen molar-refractivity contribution in [1.82, 2.24) is 15.7 Å². The van der Waals surface area contributed by atoms with Gasteiger partial charge < -0.3 is 10.6 Å². The van der Waals surface area contributed by atoms with Crippen molar-refractivity contribution in [3.63, 3.8) is 0 Å². The largest absolute Gasteiger partial charge is 0.334 e. The average molecular weight is 510 g/mol. The Labute approximate surface area is 218 Å². The summed E-state index contributed by atoms with van der Waals surface area (Å²) in [4.78, 5) is 18.3. The minimum Gasteiger partial charge on any atom is -0.334 e. The Kier molecular flexibility index (Phi) is 9.87. The van der Waals surface area contributed by atoms with E-state index < -0.39 is 0 Å². The second-order valence-electron chi connectivity index (χ2n) is 10.1. The molecule has 3 rings (SSSR count). The maximum Gasteiger partial charge on any atom is 0.319 e. The lowest BCUT2D eigenvalue weighted by molar-refractivity contribution is 0.173. The van der Waals surface area contributed by atoms with Gasteiger partial charge in [0.05, 0.1) is 15.6 Å². The van der Waals surface area contributed by atoms with Gasteiger partial charge in [0.2, 0.25) is 0 Å². The zero-order valence-corrected chi connectivity index (χ0v) is 22.6. The van der Waals surface area contributed by atoms with E-state index in [0.29, 0.717) is 23.8 Å². The number of nitrogens with zero attached hydrogens (tertiary/aromatic N) is 2. The molecule has 1 aliphatic carbocycles. The van der Waals surface area contributed by atoms with Gasteiger partial charge in [0.1, 0.15) is 0 Å². The molecule has 0 atom stereocenters. The number of aromatic nitrogens is 1. The van der Waals surface area contributed by atoms with Crippen LogP contribution in [0, 0.1) is 0 Å². The molecule has 8 heteroatoms. The molecule has 1 fully saturated rings. The molecule has 36 heavy (non-hydrogen) atoms. The van der Waals surface area contributed by atoms with Crippen LogP contribution in [0.4, 0.5) is 16.2 Å². The first kappa shape index (κ1) is 27.6. The topological polar surface area (TPSA) is 89.5 Å². The first-order valence-corrected chi connectivity index (χ1v) is 13.4. The van der Waals surface area contributed by atoms with E-state index in [0.717, 1.165) is 26.2 Å². The molecule has 2 amide bonds. The molecule has 1 aromatic heterocycles. The summed E-state index contributed by atoms with van der Waals surface area (Å²) >= 11 is 1.69. The molecule has 1 heterocycles. The summed E-state index contributed by atoms with van der Waals surface area (Å²) in [5, 5.41) is 18.9. The fraction of sp³-hybridized carbons (Fsp3) is 0.429. The van der Waals surface area contributed by atoms with Crippen LogP contribution in [0.2, 0.25) is 0 Å². The quantitative estimate of drug-likeness (QED) is 0.213. The summed E-state index contributed by atoms with van der Waals surface area (Å²) in [6.45, 7) is 11.9. The van der Waals surface area contributed by atoms with Gasteiger partial charge in [-0.2, -0.15) is 5.17 Å². The number of nitrogens with one attached hydrogen (secondary N) is 3. The Bertz CT molecular complexity index is 1090. The van der Waals surface area contributed by atoms with E-state index in [2.05, 4.69) is 22.6 Å². The van der Waals surface area contributed by atoms with Gasteiger partial charge in [0.25, 0.3) is 0 Å². The molecule has 1 aromatic carbocycles. The van der Waals surface area contributed by atoms with Crippen molar-refractivity contribution in [2.45, 2.75) is 71.3 Å². The van der Waals surface area contributed by atoms with E-state index in [1.807, 2.05) is 64.3 Å². The molecule has 0 unspecified atom stereocenters. The maximum absolute atomic E-state index is 12.6. The molecule has 2 aromatic rings. The van der Waals surface area contributed by atoms with Crippen LogP contribution in [0.1, 0.15) is 70.7 Å². The highest BCUT2D eigenvalue weighted by atomic mass is 32.1. The summed E-state index contributed by atoms with van der Waals surface area (Å²) in [5.41, 5.74) is 5.62. The van der Waals surface area contributed by atoms with Crippen molar-refractivity contribution in [1.29, 1.82) is 0 Å². The molecular weight excluding hydrogens is 470 g/mol. The zero-order valence-electron chi connectivity index (χ0n) is 21.8. The minimum absolute atomic E-state index is 0.334. The fourth-order valence-electron chi connectivity index (χ4n) is 4.22. The van der Waals surface area contributed by atoms with Gasteiger partial charge in [0, 0.05) is 35.4 Å². The molecule has 194 valence electrons. The molecule has 0 radical (unpaired) electrons. The predicted molar refractivity (Wildman–Crippen MR) is 151 cm³/mol. The average Bonchev–Trinajstić information content (AvgIpc) is 3.32. The van der Waals surface area contributed by atoms with Gasteiger partial charge in [-0.25, -0.2) is 15.2 Å². The zero-order chi connectivity index (χ0) is 26.1. The third-order valence-corrected chi connectivity index (χ3v) is 7.03. The number of urea groups is 1. The monoisotopic (exact) mass is 509 g/mol. The second kappa shape index (κ2) is 12.9. The van der Waals surface area contributed by atoms with Crippen molar-refractivity contribution in [2.75, 3.05) is 17.0 Å². The van der Waals surface area contributed by atoms with E-state index in [1.165, 1.54) is 32.1 Å². The molecule has 1 saturated carbocycles. The number of hydrogen-bond acceptors (Lipinski definition) is 6. The molecule has 0 bridgehead atoms. The van der Waals surface area contributed by atoms with Crippen molar-refractivity contribution < 1.29 is 10.0 Å². The van der Waals surface area contributed by atoms with E-state index in [4.69, 9.17) is 4.98 Å². The first-order valence-electron chi connectivity index (χ1n) is 12.6. The van der Waals surface area contributed by atoms with Gasteiger partial charge in [-0.1, -0.05) is 50.1 Å². The van der Waals surface area contributed by atoms with Gasteiger partial charge in [-0.15, -0.1) is 11.3 Å². The number of hydrogen-bond donors (Lipinski definition) is 4. The highest BCUT2D eigenvalue weighted by Gasteiger charge is 2.22. The van der Waals surface area contributed by atoms with Crippen molar-refractivity contribution in [3.05, 3.63) is 65.9 Å².